The molecule has 1 aliphatic rings. The van der Waals surface area contributed by atoms with Gasteiger partial charge in [-0.25, -0.2) is 0 Å². The van der Waals surface area contributed by atoms with E-state index in [4.69, 9.17) is 0 Å². The molecule has 24 heavy (non-hydrogen) atoms. The number of hydrogen-bond donors (Lipinski definition) is 1. The van der Waals surface area contributed by atoms with Crippen LogP contribution in [0.1, 0.15) is 27.8 Å². The Balaban J connectivity index is 1.99. The van der Waals surface area contributed by atoms with Crippen LogP contribution in [-0.2, 0) is 12.8 Å². The molecule has 3 aromatic rings. The Morgan fingerprint density at radius 2 is 1.62 bits per heavy atom. The van der Waals surface area contributed by atoms with Crippen molar-refractivity contribution in [2.24, 2.45) is 0 Å². The van der Waals surface area contributed by atoms with Gasteiger partial charge in [0, 0.05) is 4.47 Å². The monoisotopic (exact) mass is 376 g/mol. The van der Waals surface area contributed by atoms with Crippen LogP contribution in [0.4, 0.5) is 0 Å². The molecule has 0 atom stereocenters. The van der Waals surface area contributed by atoms with Gasteiger partial charge in [0.05, 0.1) is 0 Å². The minimum atomic E-state index is 0.292. The van der Waals surface area contributed by atoms with Crippen molar-refractivity contribution in [2.45, 2.75) is 12.8 Å². The number of aryl methyl sites for hydroxylation is 1. The molecule has 1 N–H and O–H groups in total. The van der Waals surface area contributed by atoms with Gasteiger partial charge in [-0.3, -0.25) is 0 Å². The lowest BCUT2D eigenvalue weighted by molar-refractivity contribution is 0.475. The number of hydrogen-bond acceptors (Lipinski definition) is 1. The summed E-state index contributed by atoms with van der Waals surface area (Å²) in [6.45, 7) is 0. The van der Waals surface area contributed by atoms with Crippen molar-refractivity contribution in [1.82, 2.24) is 0 Å². The van der Waals surface area contributed by atoms with Gasteiger partial charge in [0.1, 0.15) is 5.75 Å². The summed E-state index contributed by atoms with van der Waals surface area (Å²) < 4.78 is 1.16. The molecule has 0 saturated carbocycles. The van der Waals surface area contributed by atoms with Gasteiger partial charge in [-0.2, -0.15) is 0 Å². The molecule has 0 fully saturated rings. The maximum atomic E-state index is 9.80. The van der Waals surface area contributed by atoms with E-state index in [2.05, 4.69) is 64.5 Å². The SMILES string of the molecule is Oc1cccc(/C=C2\c3ccccc3CCc3c(Br)cccc32)c1. The molecular weight excluding hydrogens is 360 g/mol. The van der Waals surface area contributed by atoms with Crippen LogP contribution in [0.5, 0.6) is 5.75 Å². The van der Waals surface area contributed by atoms with Crippen molar-refractivity contribution < 1.29 is 5.11 Å². The van der Waals surface area contributed by atoms with Gasteiger partial charge in [0.15, 0.2) is 0 Å². The zero-order chi connectivity index (χ0) is 16.5. The standard InChI is InChI=1S/C22H17BrO/c23-22-10-4-9-19-20(22)12-11-16-6-1-2-8-18(16)21(19)14-15-5-3-7-17(24)13-15/h1-10,13-14,24H,11-12H2/b21-14+. The Hall–Kier alpha value is -2.32. The minimum absolute atomic E-state index is 0.292. The van der Waals surface area contributed by atoms with Crippen molar-refractivity contribution in [2.75, 3.05) is 0 Å². The van der Waals surface area contributed by atoms with Gasteiger partial charge in [-0.05, 0) is 70.5 Å². The first-order valence-corrected chi connectivity index (χ1v) is 8.88. The third-order valence-electron chi connectivity index (χ3n) is 4.54. The van der Waals surface area contributed by atoms with Crippen molar-refractivity contribution >= 4 is 27.6 Å². The predicted octanol–water partition coefficient (Wildman–Crippen LogP) is 5.84. The summed E-state index contributed by atoms with van der Waals surface area (Å²) in [4.78, 5) is 0. The molecule has 0 spiro atoms. The molecule has 0 amide bonds. The van der Waals surface area contributed by atoms with Gasteiger partial charge >= 0.3 is 0 Å². The van der Waals surface area contributed by atoms with Crippen LogP contribution in [0.2, 0.25) is 0 Å². The van der Waals surface area contributed by atoms with Gasteiger partial charge in [0.2, 0.25) is 0 Å². The van der Waals surface area contributed by atoms with Crippen LogP contribution in [0, 0.1) is 0 Å². The Bertz CT molecular complexity index is 940. The lowest BCUT2D eigenvalue weighted by Gasteiger charge is -2.13. The van der Waals surface area contributed by atoms with E-state index in [1.54, 1.807) is 12.1 Å². The number of benzene rings is 3. The summed E-state index contributed by atoms with van der Waals surface area (Å²) in [5, 5.41) is 9.80. The molecule has 0 radical (unpaired) electrons. The molecule has 0 aliphatic heterocycles. The maximum Gasteiger partial charge on any atom is 0.116 e. The second-order valence-electron chi connectivity index (χ2n) is 6.08. The number of halogens is 1. The molecule has 1 aliphatic carbocycles. The highest BCUT2D eigenvalue weighted by Crippen LogP contribution is 2.37. The fraction of sp³-hybridized carbons (Fsp3) is 0.0909. The molecule has 0 heterocycles. The molecule has 2 heteroatoms. The first-order chi connectivity index (χ1) is 11.7. The lowest BCUT2D eigenvalue weighted by atomic mass is 9.92. The molecule has 4 rings (SSSR count). The second-order valence-corrected chi connectivity index (χ2v) is 6.93. The molecule has 3 aromatic carbocycles. The average Bonchev–Trinajstić information content (AvgIpc) is 2.74. The van der Waals surface area contributed by atoms with Crippen LogP contribution in [0.3, 0.4) is 0 Å². The summed E-state index contributed by atoms with van der Waals surface area (Å²) in [6, 6.07) is 22.4. The van der Waals surface area contributed by atoms with Crippen molar-refractivity contribution in [3.63, 3.8) is 0 Å². The minimum Gasteiger partial charge on any atom is -0.508 e. The molecule has 0 unspecified atom stereocenters. The maximum absolute atomic E-state index is 9.80. The van der Waals surface area contributed by atoms with E-state index in [-0.39, 0.29) is 0 Å². The molecule has 0 saturated heterocycles. The summed E-state index contributed by atoms with van der Waals surface area (Å²) in [5.41, 5.74) is 7.47. The van der Waals surface area contributed by atoms with Gasteiger partial charge in [0.25, 0.3) is 0 Å². The normalized spacial score (nSPS) is 14.8. The fourth-order valence-corrected chi connectivity index (χ4v) is 3.97. The number of phenolic OH excluding ortho intramolecular Hbond substituents is 1. The highest BCUT2D eigenvalue weighted by molar-refractivity contribution is 9.10. The van der Waals surface area contributed by atoms with E-state index in [1.165, 1.54) is 27.8 Å². The summed E-state index contributed by atoms with van der Waals surface area (Å²) >= 11 is 3.72. The number of aromatic hydroxyl groups is 1. The van der Waals surface area contributed by atoms with Crippen LogP contribution < -0.4 is 0 Å². The third-order valence-corrected chi connectivity index (χ3v) is 5.29. The molecule has 0 bridgehead atoms. The van der Waals surface area contributed by atoms with E-state index in [0.717, 1.165) is 22.9 Å². The summed E-state index contributed by atoms with van der Waals surface area (Å²) in [6.07, 6.45) is 4.23. The molecule has 1 nitrogen and oxygen atoms in total. The predicted molar refractivity (Wildman–Crippen MR) is 103 cm³/mol. The van der Waals surface area contributed by atoms with E-state index in [0.29, 0.717) is 5.75 Å². The third kappa shape index (κ3) is 2.78. The highest BCUT2D eigenvalue weighted by atomic mass is 79.9. The van der Waals surface area contributed by atoms with E-state index < -0.39 is 0 Å². The van der Waals surface area contributed by atoms with Crippen molar-refractivity contribution in [3.8, 4) is 5.75 Å². The molecule has 118 valence electrons. The van der Waals surface area contributed by atoms with Crippen LogP contribution in [0.25, 0.3) is 11.6 Å². The lowest BCUT2D eigenvalue weighted by Crippen LogP contribution is -1.93. The fourth-order valence-electron chi connectivity index (χ4n) is 3.41. The van der Waals surface area contributed by atoms with Crippen LogP contribution >= 0.6 is 15.9 Å². The Morgan fingerprint density at radius 3 is 2.50 bits per heavy atom. The molecular formula is C22H17BrO. The first kappa shape index (κ1) is 15.2. The topological polar surface area (TPSA) is 20.2 Å². The average molecular weight is 377 g/mol. The van der Waals surface area contributed by atoms with Crippen molar-refractivity contribution in [3.05, 3.63) is 99.0 Å². The number of phenols is 1. The van der Waals surface area contributed by atoms with Crippen LogP contribution in [0.15, 0.2) is 71.2 Å². The van der Waals surface area contributed by atoms with E-state index >= 15 is 0 Å². The Labute approximate surface area is 150 Å². The van der Waals surface area contributed by atoms with Crippen molar-refractivity contribution in [1.29, 1.82) is 0 Å². The first-order valence-electron chi connectivity index (χ1n) is 8.09. The molecule has 0 aromatic heterocycles. The Morgan fingerprint density at radius 1 is 0.833 bits per heavy atom. The summed E-state index contributed by atoms with van der Waals surface area (Å²) in [7, 11) is 0. The van der Waals surface area contributed by atoms with Crippen LogP contribution in [-0.4, -0.2) is 5.11 Å². The Kier molecular flexibility index (Phi) is 3.99. The summed E-state index contributed by atoms with van der Waals surface area (Å²) in [5.74, 6) is 0.292. The number of rotatable bonds is 1. The highest BCUT2D eigenvalue weighted by Gasteiger charge is 2.19. The second kappa shape index (κ2) is 6.29. The largest absolute Gasteiger partial charge is 0.508 e. The van der Waals surface area contributed by atoms with Gasteiger partial charge in [-0.1, -0.05) is 64.5 Å². The van der Waals surface area contributed by atoms with E-state index in [9.17, 15) is 5.11 Å². The zero-order valence-corrected chi connectivity index (χ0v) is 14.8. The quantitative estimate of drug-likeness (QED) is 0.565. The zero-order valence-electron chi connectivity index (χ0n) is 13.2. The van der Waals surface area contributed by atoms with E-state index in [1.807, 2.05) is 12.1 Å². The van der Waals surface area contributed by atoms with Gasteiger partial charge < -0.3 is 5.11 Å². The smallest absolute Gasteiger partial charge is 0.116 e. The number of fused-ring (bicyclic) bond motifs is 2. The van der Waals surface area contributed by atoms with Gasteiger partial charge in [-0.15, -0.1) is 0 Å².